The zero-order valence-corrected chi connectivity index (χ0v) is 13.1. The Morgan fingerprint density at radius 2 is 1.92 bits per heavy atom. The molecule has 0 spiro atoms. The number of ketones is 1. The van der Waals surface area contributed by atoms with Gasteiger partial charge >= 0.3 is 0 Å². The van der Waals surface area contributed by atoms with Crippen molar-refractivity contribution in [1.29, 1.82) is 0 Å². The van der Waals surface area contributed by atoms with Crippen LogP contribution >= 0.6 is 0 Å². The topological polar surface area (TPSA) is 71.3 Å². The van der Waals surface area contributed by atoms with E-state index in [0.717, 1.165) is 11.4 Å². The van der Waals surface area contributed by atoms with Crippen LogP contribution in [0.1, 0.15) is 28.2 Å². The molecule has 5 nitrogen and oxygen atoms in total. The Bertz CT molecular complexity index is 806. The summed E-state index contributed by atoms with van der Waals surface area (Å²) >= 11 is 0. The second-order valence-electron chi connectivity index (χ2n) is 5.09. The highest BCUT2D eigenvalue weighted by Crippen LogP contribution is 2.12. The molecule has 124 valence electrons. The average molecular weight is 328 g/mol. The number of rotatable bonds is 6. The first-order valence-corrected chi connectivity index (χ1v) is 7.24. The van der Waals surface area contributed by atoms with Gasteiger partial charge in [-0.25, -0.2) is 9.87 Å². The minimum absolute atomic E-state index is 0.159. The fraction of sp³-hybridized carbons (Fsp3) is 0.111. The lowest BCUT2D eigenvalue weighted by Gasteiger charge is -2.01. The zero-order valence-electron chi connectivity index (χ0n) is 13.1. The van der Waals surface area contributed by atoms with Crippen molar-refractivity contribution >= 4 is 23.8 Å². The molecule has 0 saturated heterocycles. The molecule has 0 bridgehead atoms. The number of amides is 1. The summed E-state index contributed by atoms with van der Waals surface area (Å²) < 4.78 is 14.9. The summed E-state index contributed by atoms with van der Waals surface area (Å²) in [5, 5.41) is 8.44. The number of hydroxylamine groups is 1. The van der Waals surface area contributed by atoms with Gasteiger partial charge in [-0.05, 0) is 36.4 Å². The second-order valence-corrected chi connectivity index (χ2v) is 5.09. The summed E-state index contributed by atoms with van der Waals surface area (Å²) in [6.07, 6.45) is 6.40. The van der Waals surface area contributed by atoms with Crippen LogP contribution in [0.3, 0.4) is 0 Å². The van der Waals surface area contributed by atoms with Crippen molar-refractivity contribution < 1.29 is 19.2 Å². The van der Waals surface area contributed by atoms with Crippen LogP contribution in [0, 0.1) is 5.82 Å². The number of nitrogens with zero attached hydrogens (tertiary/aromatic N) is 1. The number of hydrogen-bond donors (Lipinski definition) is 2. The normalized spacial score (nSPS) is 11.3. The van der Waals surface area contributed by atoms with Crippen LogP contribution in [0.5, 0.6) is 0 Å². The molecule has 0 unspecified atom stereocenters. The summed E-state index contributed by atoms with van der Waals surface area (Å²) in [4.78, 5) is 23.0. The first-order valence-electron chi connectivity index (χ1n) is 7.24. The third kappa shape index (κ3) is 4.50. The molecular formula is C18H17FN2O3. The van der Waals surface area contributed by atoms with Gasteiger partial charge in [-0.1, -0.05) is 18.2 Å². The van der Waals surface area contributed by atoms with Gasteiger partial charge in [0.25, 0.3) is 5.91 Å². The number of carbonyl (C=O) groups excluding carboxylic acids is 2. The van der Waals surface area contributed by atoms with E-state index in [1.165, 1.54) is 29.8 Å². The van der Waals surface area contributed by atoms with Gasteiger partial charge in [0.2, 0.25) is 0 Å². The largest absolute Gasteiger partial charge is 0.345 e. The Balaban J connectivity index is 2.02. The standard InChI is InChI=1S/C18H17FN2O3/c1-21-15(8-9-16(21)10-11-18(23)20-24)6-3-7-17(22)13-4-2-5-14(19)12-13/h2-6,8-12,24H,7H2,1H3,(H,20,23)/b6-3+,11-10+. The molecule has 1 amide bonds. The van der Waals surface area contributed by atoms with E-state index in [1.807, 2.05) is 17.7 Å². The minimum atomic E-state index is -0.617. The van der Waals surface area contributed by atoms with Crippen LogP contribution in [0.15, 0.2) is 48.6 Å². The molecule has 24 heavy (non-hydrogen) atoms. The van der Waals surface area contributed by atoms with Crippen molar-refractivity contribution in [2.75, 3.05) is 0 Å². The lowest BCUT2D eigenvalue weighted by atomic mass is 10.1. The van der Waals surface area contributed by atoms with Gasteiger partial charge in [-0.15, -0.1) is 0 Å². The minimum Gasteiger partial charge on any atom is -0.345 e. The predicted molar refractivity (Wildman–Crippen MR) is 88.8 cm³/mol. The van der Waals surface area contributed by atoms with Crippen LogP contribution < -0.4 is 5.48 Å². The Hall–Kier alpha value is -2.99. The molecule has 2 N–H and O–H groups in total. The van der Waals surface area contributed by atoms with Crippen LogP contribution in [0.4, 0.5) is 4.39 Å². The second kappa shape index (κ2) is 8.03. The fourth-order valence-corrected chi connectivity index (χ4v) is 2.14. The highest BCUT2D eigenvalue weighted by molar-refractivity contribution is 5.97. The van der Waals surface area contributed by atoms with E-state index >= 15 is 0 Å². The Labute approximate surface area is 138 Å². The van der Waals surface area contributed by atoms with Crippen LogP contribution in [0.25, 0.3) is 12.2 Å². The van der Waals surface area contributed by atoms with Crippen molar-refractivity contribution in [1.82, 2.24) is 10.0 Å². The van der Waals surface area contributed by atoms with Crippen molar-refractivity contribution in [2.24, 2.45) is 7.05 Å². The molecule has 2 aromatic rings. The third-order valence-corrected chi connectivity index (χ3v) is 3.45. The number of carbonyl (C=O) groups is 2. The van der Waals surface area contributed by atoms with Crippen molar-refractivity contribution in [3.05, 3.63) is 71.3 Å². The molecule has 0 aliphatic carbocycles. The molecule has 0 fully saturated rings. The van der Waals surface area contributed by atoms with E-state index in [4.69, 9.17) is 5.21 Å². The number of benzene rings is 1. The number of allylic oxidation sites excluding steroid dienone is 1. The summed E-state index contributed by atoms with van der Waals surface area (Å²) in [5.74, 6) is -1.22. The monoisotopic (exact) mass is 328 g/mol. The van der Waals surface area contributed by atoms with Crippen LogP contribution in [-0.2, 0) is 11.8 Å². The molecule has 1 heterocycles. The lowest BCUT2D eigenvalue weighted by Crippen LogP contribution is -2.14. The number of aromatic nitrogens is 1. The average Bonchev–Trinajstić information content (AvgIpc) is 2.92. The van der Waals surface area contributed by atoms with Gasteiger partial charge in [-0.2, -0.15) is 0 Å². The molecule has 1 aromatic carbocycles. The Kier molecular flexibility index (Phi) is 5.81. The van der Waals surface area contributed by atoms with E-state index in [9.17, 15) is 14.0 Å². The molecule has 6 heteroatoms. The van der Waals surface area contributed by atoms with Crippen LogP contribution in [0.2, 0.25) is 0 Å². The molecule has 0 aliphatic rings. The van der Waals surface area contributed by atoms with Gasteiger partial charge in [-0.3, -0.25) is 14.8 Å². The molecule has 0 atom stereocenters. The van der Waals surface area contributed by atoms with Crippen molar-refractivity contribution in [2.45, 2.75) is 6.42 Å². The van der Waals surface area contributed by atoms with E-state index in [2.05, 4.69) is 0 Å². The fourth-order valence-electron chi connectivity index (χ4n) is 2.14. The number of hydrogen-bond acceptors (Lipinski definition) is 3. The summed E-state index contributed by atoms with van der Waals surface area (Å²) in [6, 6.07) is 9.23. The molecule has 2 rings (SSSR count). The highest BCUT2D eigenvalue weighted by atomic mass is 19.1. The summed E-state index contributed by atoms with van der Waals surface area (Å²) in [7, 11) is 1.81. The smallest absolute Gasteiger partial charge is 0.267 e. The first kappa shape index (κ1) is 17.4. The van der Waals surface area contributed by atoms with Gasteiger partial charge in [0.1, 0.15) is 5.82 Å². The highest BCUT2D eigenvalue weighted by Gasteiger charge is 2.05. The number of Topliss-reactive ketones (excluding diaryl/α,β-unsaturated/α-hetero) is 1. The molecular weight excluding hydrogens is 311 g/mol. The zero-order chi connectivity index (χ0) is 17.5. The predicted octanol–water partition coefficient (Wildman–Crippen LogP) is 2.97. The molecule has 0 saturated carbocycles. The summed E-state index contributed by atoms with van der Waals surface area (Å²) in [5.41, 5.74) is 3.45. The van der Waals surface area contributed by atoms with Gasteiger partial charge in [0.15, 0.2) is 5.78 Å². The maximum Gasteiger partial charge on any atom is 0.267 e. The van der Waals surface area contributed by atoms with Crippen molar-refractivity contribution in [3.63, 3.8) is 0 Å². The maximum atomic E-state index is 13.1. The van der Waals surface area contributed by atoms with Gasteiger partial charge in [0, 0.05) is 36.5 Å². The lowest BCUT2D eigenvalue weighted by molar-refractivity contribution is -0.124. The Morgan fingerprint density at radius 1 is 1.21 bits per heavy atom. The van der Waals surface area contributed by atoms with E-state index in [0.29, 0.717) is 5.56 Å². The van der Waals surface area contributed by atoms with Gasteiger partial charge < -0.3 is 4.57 Å². The van der Waals surface area contributed by atoms with Gasteiger partial charge in [0.05, 0.1) is 0 Å². The first-order chi connectivity index (χ1) is 11.5. The molecule has 1 aromatic heterocycles. The number of nitrogens with one attached hydrogen (secondary N) is 1. The molecule has 0 radical (unpaired) electrons. The van der Waals surface area contributed by atoms with Crippen LogP contribution in [-0.4, -0.2) is 21.5 Å². The van der Waals surface area contributed by atoms with E-state index in [1.54, 1.807) is 30.4 Å². The number of halogens is 1. The quantitative estimate of drug-likeness (QED) is 0.371. The van der Waals surface area contributed by atoms with E-state index < -0.39 is 11.7 Å². The van der Waals surface area contributed by atoms with Crippen molar-refractivity contribution in [3.8, 4) is 0 Å². The molecule has 0 aliphatic heterocycles. The third-order valence-electron chi connectivity index (χ3n) is 3.45. The maximum absolute atomic E-state index is 13.1. The van der Waals surface area contributed by atoms with E-state index in [-0.39, 0.29) is 12.2 Å². The Morgan fingerprint density at radius 3 is 2.58 bits per heavy atom. The summed E-state index contributed by atoms with van der Waals surface area (Å²) in [6.45, 7) is 0. The SMILES string of the molecule is Cn1c(/C=C/CC(=O)c2cccc(F)c2)ccc1/C=C/C(=O)NO.